The Bertz CT molecular complexity index is 1160. The molecular weight excluding hydrogens is 376 g/mol. The molecule has 0 bridgehead atoms. The number of aromatic amines is 1. The molecule has 2 heterocycles. The number of carbonyl (C=O) groups is 2. The van der Waals surface area contributed by atoms with Gasteiger partial charge in [0.15, 0.2) is 0 Å². The van der Waals surface area contributed by atoms with E-state index in [1.807, 2.05) is 19.1 Å². The number of nitrogens with zero attached hydrogens (tertiary/aromatic N) is 2. The van der Waals surface area contributed by atoms with Gasteiger partial charge in [-0.05, 0) is 37.3 Å². The first kappa shape index (κ1) is 18.2. The number of para-hydroxylation sites is 1. The van der Waals surface area contributed by atoms with Gasteiger partial charge in [0.1, 0.15) is 5.82 Å². The molecule has 1 aliphatic heterocycles. The number of benzene rings is 2. The first-order valence-electron chi connectivity index (χ1n) is 8.77. The zero-order valence-corrected chi connectivity index (χ0v) is 16.2. The van der Waals surface area contributed by atoms with E-state index in [0.29, 0.717) is 28.0 Å². The van der Waals surface area contributed by atoms with E-state index in [9.17, 15) is 14.4 Å². The summed E-state index contributed by atoms with van der Waals surface area (Å²) in [5, 5.41) is 3.18. The summed E-state index contributed by atoms with van der Waals surface area (Å²) in [6.07, 6.45) is 0. The number of rotatable bonds is 3. The summed E-state index contributed by atoms with van der Waals surface area (Å²) in [7, 11) is 1.65. The van der Waals surface area contributed by atoms with Gasteiger partial charge in [0, 0.05) is 17.5 Å². The van der Waals surface area contributed by atoms with Crippen LogP contribution in [0.5, 0.6) is 0 Å². The maximum Gasteiger partial charge on any atom is 0.258 e. The van der Waals surface area contributed by atoms with Crippen LogP contribution < -0.4 is 10.9 Å². The van der Waals surface area contributed by atoms with Gasteiger partial charge in [-0.25, -0.2) is 4.98 Å². The van der Waals surface area contributed by atoms with Crippen LogP contribution in [0.3, 0.4) is 0 Å². The van der Waals surface area contributed by atoms with Crippen LogP contribution in [0.15, 0.2) is 52.2 Å². The van der Waals surface area contributed by atoms with E-state index in [2.05, 4.69) is 15.3 Å². The Hall–Kier alpha value is -3.13. The summed E-state index contributed by atoms with van der Waals surface area (Å²) in [4.78, 5) is 46.5. The Labute approximate surface area is 165 Å². The van der Waals surface area contributed by atoms with E-state index in [0.717, 1.165) is 4.90 Å². The molecule has 0 saturated carbocycles. The maximum absolute atomic E-state index is 12.8. The topological polar surface area (TPSA) is 95.2 Å². The van der Waals surface area contributed by atoms with E-state index < -0.39 is 0 Å². The molecule has 0 radical (unpaired) electrons. The third-order valence-electron chi connectivity index (χ3n) is 4.55. The Morgan fingerprint density at radius 3 is 2.82 bits per heavy atom. The standard InChI is InChI=1S/C20H18N4O3S/c1-11-18(25)22-15-9-12(7-8-16(15)28-11)20(27)24(2)10-17-21-14-6-4-3-5-13(14)19(26)23-17/h3-9,11H,10H2,1-2H3,(H,22,25)(H,21,23,26)/t11-/m1/s1. The third-order valence-corrected chi connectivity index (χ3v) is 5.73. The highest BCUT2D eigenvalue weighted by Gasteiger charge is 2.24. The molecule has 1 atom stereocenters. The maximum atomic E-state index is 12.8. The normalized spacial score (nSPS) is 15.8. The lowest BCUT2D eigenvalue weighted by Gasteiger charge is -2.23. The minimum absolute atomic E-state index is 0.0756. The molecule has 2 amide bonds. The van der Waals surface area contributed by atoms with E-state index >= 15 is 0 Å². The van der Waals surface area contributed by atoms with Crippen molar-refractivity contribution < 1.29 is 9.59 Å². The number of fused-ring (bicyclic) bond motifs is 2. The Kier molecular flexibility index (Phi) is 4.64. The van der Waals surface area contributed by atoms with Crippen LogP contribution in [-0.4, -0.2) is 39.0 Å². The Balaban J connectivity index is 1.57. The number of H-pyrrole nitrogens is 1. The quantitative estimate of drug-likeness (QED) is 0.712. The summed E-state index contributed by atoms with van der Waals surface area (Å²) >= 11 is 1.47. The molecule has 0 aliphatic carbocycles. The molecule has 2 N–H and O–H groups in total. The lowest BCUT2D eigenvalue weighted by atomic mass is 10.1. The molecule has 0 fully saturated rings. The van der Waals surface area contributed by atoms with Crippen LogP contribution in [0.1, 0.15) is 23.1 Å². The van der Waals surface area contributed by atoms with Gasteiger partial charge < -0.3 is 15.2 Å². The number of aromatic nitrogens is 2. The SMILES string of the molecule is C[C@H]1Sc2ccc(C(=O)N(C)Cc3nc4ccccc4c(=O)[nH]3)cc2NC1=O. The van der Waals surface area contributed by atoms with Crippen LogP contribution in [-0.2, 0) is 11.3 Å². The van der Waals surface area contributed by atoms with Gasteiger partial charge in [0.25, 0.3) is 11.5 Å². The minimum atomic E-state index is -0.232. The third kappa shape index (κ3) is 3.38. The van der Waals surface area contributed by atoms with Crippen molar-refractivity contribution in [3.63, 3.8) is 0 Å². The fourth-order valence-electron chi connectivity index (χ4n) is 3.07. The van der Waals surface area contributed by atoms with E-state index in [1.165, 1.54) is 16.7 Å². The highest BCUT2D eigenvalue weighted by Crippen LogP contribution is 2.36. The van der Waals surface area contributed by atoms with Crippen LogP contribution >= 0.6 is 11.8 Å². The molecule has 0 unspecified atom stereocenters. The number of anilines is 1. The van der Waals surface area contributed by atoms with Gasteiger partial charge in [0.05, 0.1) is 28.4 Å². The lowest BCUT2D eigenvalue weighted by Crippen LogP contribution is -2.29. The highest BCUT2D eigenvalue weighted by molar-refractivity contribution is 8.00. The predicted molar refractivity (Wildman–Crippen MR) is 109 cm³/mol. The molecule has 7 nitrogen and oxygen atoms in total. The van der Waals surface area contributed by atoms with Crippen molar-refractivity contribution in [1.29, 1.82) is 0 Å². The first-order chi connectivity index (χ1) is 13.4. The lowest BCUT2D eigenvalue weighted by molar-refractivity contribution is -0.115. The molecular formula is C20H18N4O3S. The molecule has 142 valence electrons. The molecule has 8 heteroatoms. The van der Waals surface area contributed by atoms with Gasteiger partial charge in [-0.2, -0.15) is 0 Å². The van der Waals surface area contributed by atoms with Crippen molar-refractivity contribution >= 4 is 40.2 Å². The van der Waals surface area contributed by atoms with Gasteiger partial charge in [0.2, 0.25) is 5.91 Å². The van der Waals surface area contributed by atoms with Crippen molar-refractivity contribution in [2.24, 2.45) is 0 Å². The van der Waals surface area contributed by atoms with Crippen LogP contribution in [0.4, 0.5) is 5.69 Å². The van der Waals surface area contributed by atoms with E-state index in [4.69, 9.17) is 0 Å². The fraction of sp³-hybridized carbons (Fsp3) is 0.200. The fourth-order valence-corrected chi connectivity index (χ4v) is 4.00. The van der Waals surface area contributed by atoms with Crippen LogP contribution in [0, 0.1) is 0 Å². The molecule has 0 saturated heterocycles. The number of nitrogens with one attached hydrogen (secondary N) is 2. The molecule has 1 aliphatic rings. The van der Waals surface area contributed by atoms with Crippen molar-refractivity contribution in [3.05, 3.63) is 64.2 Å². The molecule has 1 aromatic heterocycles. The second-order valence-corrected chi connectivity index (χ2v) is 8.03. The minimum Gasteiger partial charge on any atom is -0.334 e. The Morgan fingerprint density at radius 1 is 1.21 bits per heavy atom. The van der Waals surface area contributed by atoms with Crippen molar-refractivity contribution in [3.8, 4) is 0 Å². The number of thioether (sulfide) groups is 1. The highest BCUT2D eigenvalue weighted by atomic mass is 32.2. The zero-order valence-electron chi connectivity index (χ0n) is 15.4. The number of hydrogen-bond donors (Lipinski definition) is 2. The van der Waals surface area contributed by atoms with Gasteiger partial charge in [-0.1, -0.05) is 12.1 Å². The molecule has 2 aromatic carbocycles. The summed E-state index contributed by atoms with van der Waals surface area (Å²) < 4.78 is 0. The Morgan fingerprint density at radius 2 is 2.00 bits per heavy atom. The largest absolute Gasteiger partial charge is 0.334 e. The first-order valence-corrected chi connectivity index (χ1v) is 9.65. The second kappa shape index (κ2) is 7.12. The number of carbonyl (C=O) groups excluding carboxylic acids is 2. The smallest absolute Gasteiger partial charge is 0.258 e. The van der Waals surface area contributed by atoms with E-state index in [1.54, 1.807) is 37.4 Å². The summed E-state index contributed by atoms with van der Waals surface area (Å²) in [5.41, 5.74) is 1.46. The number of amides is 2. The van der Waals surface area contributed by atoms with Crippen LogP contribution in [0.2, 0.25) is 0 Å². The van der Waals surface area contributed by atoms with Gasteiger partial charge in [-0.3, -0.25) is 14.4 Å². The van der Waals surface area contributed by atoms with Crippen molar-refractivity contribution in [2.45, 2.75) is 23.6 Å². The number of hydrogen-bond acceptors (Lipinski definition) is 5. The van der Waals surface area contributed by atoms with E-state index in [-0.39, 0.29) is 29.2 Å². The zero-order chi connectivity index (χ0) is 19.8. The summed E-state index contributed by atoms with van der Waals surface area (Å²) in [5.74, 6) is 0.111. The predicted octanol–water partition coefficient (Wildman–Crippen LogP) is 2.63. The molecule has 4 rings (SSSR count). The van der Waals surface area contributed by atoms with Crippen molar-refractivity contribution in [1.82, 2.24) is 14.9 Å². The average Bonchev–Trinajstić information content (AvgIpc) is 2.68. The van der Waals surface area contributed by atoms with Gasteiger partial charge >= 0.3 is 0 Å². The molecule has 0 spiro atoms. The average molecular weight is 394 g/mol. The molecule has 28 heavy (non-hydrogen) atoms. The van der Waals surface area contributed by atoms with Crippen LogP contribution in [0.25, 0.3) is 10.9 Å². The van der Waals surface area contributed by atoms with Crippen molar-refractivity contribution in [2.75, 3.05) is 12.4 Å². The molecule has 3 aromatic rings. The van der Waals surface area contributed by atoms with Gasteiger partial charge in [-0.15, -0.1) is 11.8 Å². The summed E-state index contributed by atoms with van der Waals surface area (Å²) in [6.45, 7) is 2.00. The summed E-state index contributed by atoms with van der Waals surface area (Å²) in [6, 6.07) is 12.3. The second-order valence-electron chi connectivity index (χ2n) is 6.65. The monoisotopic (exact) mass is 394 g/mol.